The summed E-state index contributed by atoms with van der Waals surface area (Å²) < 4.78 is 0. The van der Waals surface area contributed by atoms with Crippen LogP contribution in [0.5, 0.6) is 0 Å². The summed E-state index contributed by atoms with van der Waals surface area (Å²) in [4.78, 5) is 4.60. The number of aryl methyl sites for hydroxylation is 1. The van der Waals surface area contributed by atoms with Gasteiger partial charge in [0.1, 0.15) is 0 Å². The van der Waals surface area contributed by atoms with Gasteiger partial charge in [0.2, 0.25) is 0 Å². The highest BCUT2D eigenvalue weighted by atomic mass is 79.9. The Morgan fingerprint density at radius 1 is 1.40 bits per heavy atom. The molecule has 0 bridgehead atoms. The monoisotopic (exact) mass is 287 g/mol. The van der Waals surface area contributed by atoms with Gasteiger partial charge < -0.3 is 0 Å². The van der Waals surface area contributed by atoms with Gasteiger partial charge in [-0.25, -0.2) is 4.98 Å². The fraction of sp³-hybridized carbons (Fsp3) is 0.750. The minimum Gasteiger partial charge on any atom is -0.247 e. The lowest BCUT2D eigenvalue weighted by Crippen LogP contribution is -2.28. The Bertz CT molecular complexity index is 315. The number of aromatic nitrogens is 1. The van der Waals surface area contributed by atoms with Crippen LogP contribution >= 0.6 is 27.3 Å². The molecule has 0 N–H and O–H groups in total. The van der Waals surface area contributed by atoms with Gasteiger partial charge in [-0.15, -0.1) is 11.3 Å². The average molecular weight is 288 g/mol. The molecule has 0 radical (unpaired) electrons. The molecule has 84 valence electrons. The van der Waals surface area contributed by atoms with E-state index in [0.29, 0.717) is 5.41 Å². The summed E-state index contributed by atoms with van der Waals surface area (Å²) in [6.07, 6.45) is 8.13. The van der Waals surface area contributed by atoms with Crippen LogP contribution in [0.1, 0.15) is 42.8 Å². The van der Waals surface area contributed by atoms with E-state index in [1.807, 2.05) is 0 Å². The molecular formula is C12H18BrNS. The Morgan fingerprint density at radius 2 is 2.13 bits per heavy atom. The van der Waals surface area contributed by atoms with Crippen molar-refractivity contribution in [2.24, 2.45) is 5.41 Å². The third-order valence-corrected chi connectivity index (χ3v) is 5.43. The third-order valence-electron chi connectivity index (χ3n) is 3.42. The molecule has 3 heteroatoms. The normalized spacial score (nSPS) is 20.4. The number of hydrogen-bond donors (Lipinski definition) is 0. The summed E-state index contributed by atoms with van der Waals surface area (Å²) in [6, 6.07) is 0. The van der Waals surface area contributed by atoms with Crippen molar-refractivity contribution in [2.75, 3.05) is 5.33 Å². The van der Waals surface area contributed by atoms with Gasteiger partial charge >= 0.3 is 0 Å². The third kappa shape index (κ3) is 2.82. The number of hydrogen-bond acceptors (Lipinski definition) is 2. The van der Waals surface area contributed by atoms with Gasteiger partial charge in [-0.1, -0.05) is 35.2 Å². The Hall–Kier alpha value is 0.110. The zero-order chi connectivity index (χ0) is 10.7. The van der Waals surface area contributed by atoms with E-state index in [9.17, 15) is 0 Å². The molecule has 0 saturated heterocycles. The second-order valence-corrected chi connectivity index (χ2v) is 6.35. The molecule has 1 heterocycles. The number of thiazole rings is 1. The molecule has 1 aliphatic rings. The van der Waals surface area contributed by atoms with Crippen LogP contribution in [0.2, 0.25) is 0 Å². The lowest BCUT2D eigenvalue weighted by Gasteiger charge is -2.35. The van der Waals surface area contributed by atoms with E-state index < -0.39 is 0 Å². The molecule has 0 spiro atoms. The van der Waals surface area contributed by atoms with Gasteiger partial charge in [-0.3, -0.25) is 0 Å². The SMILES string of the molecule is Cc1nc(CC2(CBr)CCCCC2)cs1. The Balaban J connectivity index is 2.06. The van der Waals surface area contributed by atoms with E-state index in [0.717, 1.165) is 5.33 Å². The van der Waals surface area contributed by atoms with E-state index in [2.05, 4.69) is 33.2 Å². The first-order valence-electron chi connectivity index (χ1n) is 5.71. The summed E-state index contributed by atoms with van der Waals surface area (Å²) in [5.41, 5.74) is 1.80. The van der Waals surface area contributed by atoms with Gasteiger partial charge in [-0.05, 0) is 31.6 Å². The Labute approximate surface area is 104 Å². The molecule has 0 unspecified atom stereocenters. The highest BCUT2D eigenvalue weighted by Gasteiger charge is 2.31. The van der Waals surface area contributed by atoms with Crippen LogP contribution in [0.4, 0.5) is 0 Å². The molecule has 1 aromatic heterocycles. The minimum absolute atomic E-state index is 0.499. The van der Waals surface area contributed by atoms with Crippen LogP contribution in [0, 0.1) is 12.3 Å². The minimum atomic E-state index is 0.499. The Kier molecular flexibility index (Phi) is 3.83. The fourth-order valence-electron chi connectivity index (χ4n) is 2.53. The van der Waals surface area contributed by atoms with Crippen molar-refractivity contribution in [3.05, 3.63) is 16.1 Å². The zero-order valence-corrected chi connectivity index (χ0v) is 11.7. The lowest BCUT2D eigenvalue weighted by molar-refractivity contribution is 0.221. The predicted molar refractivity (Wildman–Crippen MR) is 69.9 cm³/mol. The fourth-order valence-corrected chi connectivity index (χ4v) is 3.90. The second-order valence-electron chi connectivity index (χ2n) is 4.73. The molecule has 0 aromatic carbocycles. The van der Waals surface area contributed by atoms with Crippen molar-refractivity contribution in [2.45, 2.75) is 45.4 Å². The van der Waals surface area contributed by atoms with E-state index in [1.165, 1.54) is 49.2 Å². The average Bonchev–Trinajstić information content (AvgIpc) is 2.65. The molecule has 1 aromatic rings. The molecule has 0 aliphatic heterocycles. The van der Waals surface area contributed by atoms with Gasteiger partial charge in [0.25, 0.3) is 0 Å². The summed E-state index contributed by atoms with van der Waals surface area (Å²) in [6.45, 7) is 2.09. The topological polar surface area (TPSA) is 12.9 Å². The molecule has 0 atom stereocenters. The van der Waals surface area contributed by atoms with Crippen molar-refractivity contribution in [3.8, 4) is 0 Å². The largest absolute Gasteiger partial charge is 0.247 e. The number of rotatable bonds is 3. The number of alkyl halides is 1. The van der Waals surface area contributed by atoms with Gasteiger partial charge in [-0.2, -0.15) is 0 Å². The molecule has 1 aliphatic carbocycles. The van der Waals surface area contributed by atoms with Crippen LogP contribution in [-0.2, 0) is 6.42 Å². The smallest absolute Gasteiger partial charge is 0.0897 e. The van der Waals surface area contributed by atoms with Crippen molar-refractivity contribution in [1.82, 2.24) is 4.98 Å². The molecule has 1 saturated carbocycles. The Morgan fingerprint density at radius 3 is 2.67 bits per heavy atom. The van der Waals surface area contributed by atoms with Crippen molar-refractivity contribution >= 4 is 27.3 Å². The predicted octanol–water partition coefficient (Wildman–Crippen LogP) is 4.34. The van der Waals surface area contributed by atoms with E-state index in [-0.39, 0.29) is 0 Å². The van der Waals surface area contributed by atoms with Crippen LogP contribution in [0.15, 0.2) is 5.38 Å². The van der Waals surface area contributed by atoms with Gasteiger partial charge in [0.15, 0.2) is 0 Å². The standard InChI is InChI=1S/C12H18BrNS/c1-10-14-11(8-15-10)7-12(9-13)5-3-2-4-6-12/h8H,2-7,9H2,1H3. The van der Waals surface area contributed by atoms with E-state index in [4.69, 9.17) is 0 Å². The van der Waals surface area contributed by atoms with Crippen LogP contribution in [-0.4, -0.2) is 10.3 Å². The quantitative estimate of drug-likeness (QED) is 0.754. The molecule has 1 nitrogen and oxygen atoms in total. The van der Waals surface area contributed by atoms with Crippen LogP contribution in [0.25, 0.3) is 0 Å². The molecule has 15 heavy (non-hydrogen) atoms. The van der Waals surface area contributed by atoms with Crippen LogP contribution in [0.3, 0.4) is 0 Å². The maximum atomic E-state index is 4.60. The first kappa shape index (κ1) is 11.6. The van der Waals surface area contributed by atoms with Gasteiger partial charge in [0.05, 0.1) is 10.7 Å². The van der Waals surface area contributed by atoms with E-state index in [1.54, 1.807) is 11.3 Å². The first-order valence-corrected chi connectivity index (χ1v) is 7.71. The molecular weight excluding hydrogens is 270 g/mol. The molecule has 1 fully saturated rings. The maximum absolute atomic E-state index is 4.60. The summed E-state index contributed by atoms with van der Waals surface area (Å²) >= 11 is 5.48. The number of halogens is 1. The zero-order valence-electron chi connectivity index (χ0n) is 9.26. The summed E-state index contributed by atoms with van der Waals surface area (Å²) in [5.74, 6) is 0. The molecule has 0 amide bonds. The molecule has 2 rings (SSSR count). The summed E-state index contributed by atoms with van der Waals surface area (Å²) in [7, 11) is 0. The van der Waals surface area contributed by atoms with Crippen molar-refractivity contribution < 1.29 is 0 Å². The lowest BCUT2D eigenvalue weighted by atomic mass is 9.73. The second kappa shape index (κ2) is 4.96. The van der Waals surface area contributed by atoms with Crippen LogP contribution < -0.4 is 0 Å². The highest BCUT2D eigenvalue weighted by molar-refractivity contribution is 9.09. The van der Waals surface area contributed by atoms with Gasteiger partial charge in [0, 0.05) is 10.7 Å². The van der Waals surface area contributed by atoms with Crippen molar-refractivity contribution in [1.29, 1.82) is 0 Å². The van der Waals surface area contributed by atoms with Crippen molar-refractivity contribution in [3.63, 3.8) is 0 Å². The first-order chi connectivity index (χ1) is 7.24. The number of nitrogens with zero attached hydrogens (tertiary/aromatic N) is 1. The maximum Gasteiger partial charge on any atom is 0.0897 e. The summed E-state index contributed by atoms with van der Waals surface area (Å²) in [5, 5.41) is 4.57. The van der Waals surface area contributed by atoms with E-state index >= 15 is 0 Å². The highest BCUT2D eigenvalue weighted by Crippen LogP contribution is 2.40.